The third-order valence-corrected chi connectivity index (χ3v) is 6.33. The number of hydrogen-bond donors (Lipinski definition) is 2. The number of halogens is 1. The van der Waals surface area contributed by atoms with E-state index in [4.69, 9.17) is 0 Å². The van der Waals surface area contributed by atoms with Crippen molar-refractivity contribution in [1.82, 2.24) is 20.4 Å². The van der Waals surface area contributed by atoms with Crippen molar-refractivity contribution in [3.63, 3.8) is 0 Å². The molecule has 0 bridgehead atoms. The van der Waals surface area contributed by atoms with Gasteiger partial charge >= 0.3 is 0 Å². The summed E-state index contributed by atoms with van der Waals surface area (Å²) < 4.78 is 0. The molecule has 2 heterocycles. The molecule has 0 spiro atoms. The fraction of sp³-hybridized carbons (Fsp3) is 0.500. The van der Waals surface area contributed by atoms with E-state index in [9.17, 15) is 0 Å². The zero-order valence-corrected chi connectivity index (χ0v) is 20.9. The average Bonchev–Trinajstić information content (AvgIpc) is 3.00. The summed E-state index contributed by atoms with van der Waals surface area (Å²) >= 11 is 1.78. The monoisotopic (exact) mass is 527 g/mol. The first kappa shape index (κ1) is 24.1. The molecule has 0 saturated carbocycles. The van der Waals surface area contributed by atoms with E-state index in [0.717, 1.165) is 32.1 Å². The predicted molar refractivity (Wildman–Crippen MR) is 135 cm³/mol. The van der Waals surface area contributed by atoms with Crippen molar-refractivity contribution < 1.29 is 0 Å². The van der Waals surface area contributed by atoms with E-state index in [1.165, 1.54) is 47.6 Å². The lowest BCUT2D eigenvalue weighted by molar-refractivity contribution is 0.269. The van der Waals surface area contributed by atoms with Crippen molar-refractivity contribution in [1.29, 1.82) is 0 Å². The minimum absolute atomic E-state index is 0. The SMILES string of the molecule is CN=C(NCc1ccc(CN2CCCN(C)CC2)cc1)NCc1sccc1C.I. The highest BCUT2D eigenvalue weighted by Crippen LogP contribution is 2.14. The first-order valence-corrected chi connectivity index (χ1v) is 11.0. The van der Waals surface area contributed by atoms with Crippen molar-refractivity contribution >= 4 is 41.3 Å². The van der Waals surface area contributed by atoms with Crippen LogP contribution in [0.2, 0.25) is 0 Å². The molecular weight excluding hydrogens is 493 g/mol. The van der Waals surface area contributed by atoms with Crippen molar-refractivity contribution in [3.8, 4) is 0 Å². The van der Waals surface area contributed by atoms with Crippen molar-refractivity contribution in [2.75, 3.05) is 40.3 Å². The van der Waals surface area contributed by atoms with Gasteiger partial charge in [-0.15, -0.1) is 35.3 Å². The second-order valence-corrected chi connectivity index (χ2v) is 8.56. The van der Waals surface area contributed by atoms with Gasteiger partial charge in [-0.3, -0.25) is 9.89 Å². The van der Waals surface area contributed by atoms with E-state index < -0.39 is 0 Å². The van der Waals surface area contributed by atoms with Gasteiger partial charge in [-0.05, 0) is 61.6 Å². The van der Waals surface area contributed by atoms with Crippen LogP contribution in [0.5, 0.6) is 0 Å². The Kier molecular flexibility index (Phi) is 10.4. The number of hydrogen-bond acceptors (Lipinski definition) is 4. The lowest BCUT2D eigenvalue weighted by Crippen LogP contribution is -2.36. The summed E-state index contributed by atoms with van der Waals surface area (Å²) in [6.45, 7) is 9.51. The highest BCUT2D eigenvalue weighted by Gasteiger charge is 2.12. The fourth-order valence-corrected chi connectivity index (χ4v) is 4.28. The molecule has 29 heavy (non-hydrogen) atoms. The van der Waals surface area contributed by atoms with Crippen LogP contribution in [0, 0.1) is 6.92 Å². The molecule has 0 aliphatic carbocycles. The van der Waals surface area contributed by atoms with Crippen molar-refractivity contribution in [2.24, 2.45) is 4.99 Å². The summed E-state index contributed by atoms with van der Waals surface area (Å²) in [5, 5.41) is 8.94. The first-order valence-electron chi connectivity index (χ1n) is 10.1. The van der Waals surface area contributed by atoms with Crippen LogP contribution < -0.4 is 10.6 Å². The highest BCUT2D eigenvalue weighted by molar-refractivity contribution is 14.0. The zero-order valence-electron chi connectivity index (χ0n) is 17.8. The van der Waals surface area contributed by atoms with Gasteiger partial charge in [0, 0.05) is 38.1 Å². The van der Waals surface area contributed by atoms with Crippen LogP contribution in [0.25, 0.3) is 0 Å². The molecule has 2 aromatic rings. The van der Waals surface area contributed by atoms with Gasteiger partial charge in [-0.2, -0.15) is 0 Å². The molecule has 1 aromatic carbocycles. The normalized spacial score (nSPS) is 16.2. The third-order valence-electron chi connectivity index (χ3n) is 5.31. The van der Waals surface area contributed by atoms with E-state index in [2.05, 4.69) is 75.1 Å². The number of likely N-dealkylation sites (N-methyl/N-ethyl adjacent to an activating group) is 1. The topological polar surface area (TPSA) is 42.9 Å². The average molecular weight is 528 g/mol. The lowest BCUT2D eigenvalue weighted by atomic mass is 10.1. The smallest absolute Gasteiger partial charge is 0.191 e. The Bertz CT molecular complexity index is 759. The molecule has 2 N–H and O–H groups in total. The van der Waals surface area contributed by atoms with E-state index in [0.29, 0.717) is 0 Å². The van der Waals surface area contributed by atoms with Crippen LogP contribution in [0.1, 0.15) is 28.0 Å². The minimum atomic E-state index is 0. The van der Waals surface area contributed by atoms with Gasteiger partial charge in [0.25, 0.3) is 0 Å². The fourth-order valence-electron chi connectivity index (χ4n) is 3.43. The Morgan fingerprint density at radius 2 is 1.72 bits per heavy atom. The van der Waals surface area contributed by atoms with Gasteiger partial charge in [0.05, 0.1) is 6.54 Å². The Hall–Kier alpha value is -1.16. The number of benzene rings is 1. The zero-order chi connectivity index (χ0) is 19.8. The van der Waals surface area contributed by atoms with Gasteiger partial charge in [0.1, 0.15) is 0 Å². The van der Waals surface area contributed by atoms with Gasteiger partial charge in [0.15, 0.2) is 5.96 Å². The van der Waals surface area contributed by atoms with Gasteiger partial charge in [-0.25, -0.2) is 0 Å². The second-order valence-electron chi connectivity index (χ2n) is 7.56. The summed E-state index contributed by atoms with van der Waals surface area (Å²) in [5.41, 5.74) is 4.00. The highest BCUT2D eigenvalue weighted by atomic mass is 127. The molecule has 160 valence electrons. The molecule has 1 aliphatic rings. The van der Waals surface area contributed by atoms with Crippen molar-refractivity contribution in [3.05, 3.63) is 57.3 Å². The summed E-state index contributed by atoms with van der Waals surface area (Å²) in [4.78, 5) is 10.7. The van der Waals surface area contributed by atoms with E-state index in [-0.39, 0.29) is 24.0 Å². The molecule has 3 rings (SSSR count). The second kappa shape index (κ2) is 12.5. The molecule has 0 unspecified atom stereocenters. The van der Waals surface area contributed by atoms with E-state index in [1.54, 1.807) is 11.3 Å². The molecule has 1 aromatic heterocycles. The largest absolute Gasteiger partial charge is 0.352 e. The van der Waals surface area contributed by atoms with Crippen molar-refractivity contribution in [2.45, 2.75) is 33.0 Å². The molecule has 0 radical (unpaired) electrons. The van der Waals surface area contributed by atoms with Gasteiger partial charge < -0.3 is 15.5 Å². The molecule has 1 aliphatic heterocycles. The minimum Gasteiger partial charge on any atom is -0.352 e. The van der Waals surface area contributed by atoms with Crippen LogP contribution in [0.15, 0.2) is 40.7 Å². The number of aliphatic imine (C=N–C) groups is 1. The number of nitrogens with zero attached hydrogens (tertiary/aromatic N) is 3. The summed E-state index contributed by atoms with van der Waals surface area (Å²) in [6, 6.07) is 11.1. The number of guanidine groups is 1. The number of thiophene rings is 1. The quantitative estimate of drug-likeness (QED) is 0.342. The third kappa shape index (κ3) is 7.88. The van der Waals surface area contributed by atoms with E-state index >= 15 is 0 Å². The maximum Gasteiger partial charge on any atom is 0.191 e. The standard InChI is InChI=1S/C22H33N5S.HI/c1-18-9-14-28-21(18)16-25-22(23-2)24-15-19-5-7-20(8-6-19)17-27-11-4-10-26(3)12-13-27;/h5-9,14H,4,10-13,15-17H2,1-3H3,(H2,23,24,25);1H. The lowest BCUT2D eigenvalue weighted by Gasteiger charge is -2.20. The molecule has 5 nitrogen and oxygen atoms in total. The molecule has 0 atom stereocenters. The molecule has 1 fully saturated rings. The molecule has 0 amide bonds. The summed E-state index contributed by atoms with van der Waals surface area (Å²) in [6.07, 6.45) is 1.26. The Morgan fingerprint density at radius 3 is 2.41 bits per heavy atom. The number of nitrogens with one attached hydrogen (secondary N) is 2. The molecular formula is C22H34IN5S. The first-order chi connectivity index (χ1) is 13.6. The van der Waals surface area contributed by atoms with Crippen LogP contribution in [-0.4, -0.2) is 56.0 Å². The maximum absolute atomic E-state index is 4.33. The summed E-state index contributed by atoms with van der Waals surface area (Å²) in [7, 11) is 4.04. The number of rotatable bonds is 6. The van der Waals surface area contributed by atoms with Gasteiger partial charge in [0.2, 0.25) is 0 Å². The van der Waals surface area contributed by atoms with Crippen LogP contribution in [0.4, 0.5) is 0 Å². The Labute approximate surface area is 196 Å². The van der Waals surface area contributed by atoms with Gasteiger partial charge in [-0.1, -0.05) is 24.3 Å². The Morgan fingerprint density at radius 1 is 1.00 bits per heavy atom. The van der Waals surface area contributed by atoms with Crippen LogP contribution >= 0.6 is 35.3 Å². The molecule has 7 heteroatoms. The maximum atomic E-state index is 4.33. The summed E-state index contributed by atoms with van der Waals surface area (Å²) in [5.74, 6) is 0.838. The Balaban J connectivity index is 0.00000300. The predicted octanol–water partition coefficient (Wildman–Crippen LogP) is 3.68. The van der Waals surface area contributed by atoms with E-state index in [1.807, 2.05) is 7.05 Å². The van der Waals surface area contributed by atoms with Crippen LogP contribution in [0.3, 0.4) is 0 Å². The molecule has 1 saturated heterocycles. The number of aryl methyl sites for hydroxylation is 1. The van der Waals surface area contributed by atoms with Crippen LogP contribution in [-0.2, 0) is 19.6 Å².